The first-order chi connectivity index (χ1) is 12.9. The molecule has 0 saturated carbocycles. The smallest absolute Gasteiger partial charge is 0.257 e. The Morgan fingerprint density at radius 3 is 2.22 bits per heavy atom. The molecule has 0 aliphatic heterocycles. The summed E-state index contributed by atoms with van der Waals surface area (Å²) < 4.78 is 0. The zero-order valence-corrected chi connectivity index (χ0v) is 16.7. The molecular formula is C21H25N3O2S. The fraction of sp³-hybridized carbons (Fsp3) is 0.286. The van der Waals surface area contributed by atoms with Crippen LogP contribution < -0.4 is 16.0 Å². The van der Waals surface area contributed by atoms with Crippen LogP contribution in [0.1, 0.15) is 47.7 Å². The average Bonchev–Trinajstić information content (AvgIpc) is 2.59. The summed E-state index contributed by atoms with van der Waals surface area (Å²) in [7, 11) is 0. The van der Waals surface area contributed by atoms with E-state index in [-0.39, 0.29) is 16.9 Å². The van der Waals surface area contributed by atoms with E-state index < -0.39 is 0 Å². The maximum atomic E-state index is 12.4. The van der Waals surface area contributed by atoms with E-state index >= 15 is 0 Å². The Balaban J connectivity index is 1.96. The molecule has 5 nitrogen and oxygen atoms in total. The number of unbranched alkanes of at least 4 members (excludes halogenated alkanes) is 1. The van der Waals surface area contributed by atoms with E-state index in [1.807, 2.05) is 57.2 Å². The summed E-state index contributed by atoms with van der Waals surface area (Å²) in [5.74, 6) is -0.275. The highest BCUT2D eigenvalue weighted by Gasteiger charge is 2.09. The van der Waals surface area contributed by atoms with Crippen LogP contribution in [0.25, 0.3) is 0 Å². The quantitative estimate of drug-likeness (QED) is 0.640. The molecule has 0 aliphatic rings. The van der Waals surface area contributed by atoms with Crippen LogP contribution in [-0.2, 0) is 4.79 Å². The molecule has 0 bridgehead atoms. The molecule has 0 aromatic heterocycles. The van der Waals surface area contributed by atoms with Crippen LogP contribution in [0.15, 0.2) is 42.5 Å². The monoisotopic (exact) mass is 383 g/mol. The van der Waals surface area contributed by atoms with E-state index in [1.54, 1.807) is 6.07 Å². The minimum Gasteiger partial charge on any atom is -0.332 e. The van der Waals surface area contributed by atoms with Crippen molar-refractivity contribution in [3.05, 3.63) is 59.2 Å². The highest BCUT2D eigenvalue weighted by molar-refractivity contribution is 7.80. The van der Waals surface area contributed by atoms with Gasteiger partial charge in [-0.25, -0.2) is 0 Å². The molecule has 2 rings (SSSR count). The number of hydrogen-bond donors (Lipinski definition) is 3. The number of carbonyl (C=O) groups is 2. The molecule has 0 aliphatic carbocycles. The molecule has 27 heavy (non-hydrogen) atoms. The van der Waals surface area contributed by atoms with Gasteiger partial charge in [-0.2, -0.15) is 0 Å². The van der Waals surface area contributed by atoms with Gasteiger partial charge in [-0.05, 0) is 62.8 Å². The second kappa shape index (κ2) is 9.83. The standard InChI is InChI=1S/C21H25N3O2S/c1-4-5-9-19(25)22-17-7-6-8-18(13-17)23-21(27)24-20(26)16-11-14(2)10-15(3)12-16/h6-8,10-13H,4-5,9H2,1-3H3,(H,22,25)(H2,23,24,26,27). The Morgan fingerprint density at radius 1 is 0.963 bits per heavy atom. The molecule has 2 aromatic rings. The number of rotatable bonds is 6. The van der Waals surface area contributed by atoms with Gasteiger partial charge in [-0.1, -0.05) is 36.6 Å². The molecule has 0 radical (unpaired) electrons. The van der Waals surface area contributed by atoms with Crippen molar-refractivity contribution in [1.29, 1.82) is 0 Å². The molecule has 0 fully saturated rings. The predicted molar refractivity (Wildman–Crippen MR) is 114 cm³/mol. The van der Waals surface area contributed by atoms with Gasteiger partial charge in [0.25, 0.3) is 5.91 Å². The molecule has 2 amide bonds. The Kier molecular flexibility index (Phi) is 7.49. The maximum absolute atomic E-state index is 12.4. The lowest BCUT2D eigenvalue weighted by Gasteiger charge is -2.12. The summed E-state index contributed by atoms with van der Waals surface area (Å²) in [4.78, 5) is 24.2. The topological polar surface area (TPSA) is 70.2 Å². The molecule has 0 saturated heterocycles. The predicted octanol–water partition coefficient (Wildman–Crippen LogP) is 4.56. The zero-order valence-electron chi connectivity index (χ0n) is 15.9. The largest absolute Gasteiger partial charge is 0.332 e. The number of hydrogen-bond acceptors (Lipinski definition) is 3. The van der Waals surface area contributed by atoms with E-state index in [1.165, 1.54) is 0 Å². The molecule has 142 valence electrons. The van der Waals surface area contributed by atoms with E-state index in [0.717, 1.165) is 24.0 Å². The SMILES string of the molecule is CCCCC(=O)Nc1cccc(NC(=S)NC(=O)c2cc(C)cc(C)c2)c1. The van der Waals surface area contributed by atoms with Crippen LogP contribution >= 0.6 is 12.2 Å². The fourth-order valence-corrected chi connectivity index (χ4v) is 2.89. The Bertz CT molecular complexity index is 829. The van der Waals surface area contributed by atoms with Gasteiger partial charge in [0, 0.05) is 23.4 Å². The van der Waals surface area contributed by atoms with Crippen LogP contribution in [0.3, 0.4) is 0 Å². The van der Waals surface area contributed by atoms with Crippen LogP contribution in [0.4, 0.5) is 11.4 Å². The van der Waals surface area contributed by atoms with E-state index in [0.29, 0.717) is 23.4 Å². The lowest BCUT2D eigenvalue weighted by Crippen LogP contribution is -2.34. The molecular weight excluding hydrogens is 358 g/mol. The van der Waals surface area contributed by atoms with Crippen LogP contribution in [-0.4, -0.2) is 16.9 Å². The molecule has 0 unspecified atom stereocenters. The number of nitrogens with one attached hydrogen (secondary N) is 3. The van der Waals surface area contributed by atoms with Crippen molar-refractivity contribution >= 4 is 40.5 Å². The maximum Gasteiger partial charge on any atom is 0.257 e. The lowest BCUT2D eigenvalue weighted by atomic mass is 10.1. The number of anilines is 2. The molecule has 0 atom stereocenters. The van der Waals surface area contributed by atoms with Crippen molar-refractivity contribution in [2.75, 3.05) is 10.6 Å². The minimum atomic E-state index is -0.261. The third-order valence-electron chi connectivity index (χ3n) is 3.87. The van der Waals surface area contributed by atoms with Gasteiger partial charge >= 0.3 is 0 Å². The summed E-state index contributed by atoms with van der Waals surface area (Å²) in [5, 5.41) is 8.72. The average molecular weight is 384 g/mol. The second-order valence-electron chi connectivity index (χ2n) is 6.52. The highest BCUT2D eigenvalue weighted by Crippen LogP contribution is 2.16. The van der Waals surface area contributed by atoms with E-state index in [9.17, 15) is 9.59 Å². The van der Waals surface area contributed by atoms with Crippen LogP contribution in [0.2, 0.25) is 0 Å². The van der Waals surface area contributed by atoms with Gasteiger partial charge < -0.3 is 10.6 Å². The van der Waals surface area contributed by atoms with Crippen molar-refractivity contribution in [3.8, 4) is 0 Å². The van der Waals surface area contributed by atoms with Gasteiger partial charge in [0.2, 0.25) is 5.91 Å². The van der Waals surface area contributed by atoms with Gasteiger partial charge in [-0.3, -0.25) is 14.9 Å². The normalized spacial score (nSPS) is 10.2. The van der Waals surface area contributed by atoms with Crippen molar-refractivity contribution in [1.82, 2.24) is 5.32 Å². The first kappa shape index (κ1) is 20.6. The van der Waals surface area contributed by atoms with Crippen LogP contribution in [0, 0.1) is 13.8 Å². The van der Waals surface area contributed by atoms with Crippen molar-refractivity contribution in [2.24, 2.45) is 0 Å². The Hall–Kier alpha value is -2.73. The minimum absolute atomic E-state index is 0.0142. The third-order valence-corrected chi connectivity index (χ3v) is 4.08. The summed E-state index contributed by atoms with van der Waals surface area (Å²) in [6, 6.07) is 12.9. The molecule has 2 aromatic carbocycles. The van der Waals surface area contributed by atoms with E-state index in [4.69, 9.17) is 12.2 Å². The van der Waals surface area contributed by atoms with E-state index in [2.05, 4.69) is 16.0 Å². The molecule has 3 N–H and O–H groups in total. The Labute approximate surface area is 165 Å². The number of carbonyl (C=O) groups excluding carboxylic acids is 2. The lowest BCUT2D eigenvalue weighted by molar-refractivity contribution is -0.116. The summed E-state index contributed by atoms with van der Waals surface area (Å²) in [6.45, 7) is 5.94. The summed E-state index contributed by atoms with van der Waals surface area (Å²) >= 11 is 5.24. The summed E-state index contributed by atoms with van der Waals surface area (Å²) in [5.41, 5.74) is 3.98. The zero-order chi connectivity index (χ0) is 19.8. The van der Waals surface area contributed by atoms with Crippen molar-refractivity contribution in [3.63, 3.8) is 0 Å². The fourth-order valence-electron chi connectivity index (χ4n) is 2.68. The number of benzene rings is 2. The van der Waals surface area contributed by atoms with Crippen LogP contribution in [0.5, 0.6) is 0 Å². The molecule has 0 spiro atoms. The van der Waals surface area contributed by atoms with Gasteiger partial charge in [0.15, 0.2) is 5.11 Å². The number of amides is 2. The van der Waals surface area contributed by atoms with Gasteiger partial charge in [0.05, 0.1) is 0 Å². The van der Waals surface area contributed by atoms with Gasteiger partial charge in [-0.15, -0.1) is 0 Å². The number of thiocarbonyl (C=S) groups is 1. The van der Waals surface area contributed by atoms with Crippen molar-refractivity contribution in [2.45, 2.75) is 40.0 Å². The number of aryl methyl sites for hydroxylation is 2. The first-order valence-electron chi connectivity index (χ1n) is 8.98. The van der Waals surface area contributed by atoms with Gasteiger partial charge in [0.1, 0.15) is 0 Å². The highest BCUT2D eigenvalue weighted by atomic mass is 32.1. The molecule has 6 heteroatoms. The summed E-state index contributed by atoms with van der Waals surface area (Å²) in [6.07, 6.45) is 2.33. The second-order valence-corrected chi connectivity index (χ2v) is 6.93. The molecule has 0 heterocycles. The third kappa shape index (κ3) is 6.83. The van der Waals surface area contributed by atoms with Crippen molar-refractivity contribution < 1.29 is 9.59 Å². The first-order valence-corrected chi connectivity index (χ1v) is 9.38. The Morgan fingerprint density at radius 2 is 1.59 bits per heavy atom.